The molecule has 1 heterocycles. The number of aromatic hydroxyl groups is 2. The number of benzene rings is 2. The fraction of sp³-hybridized carbons (Fsp3) is 0.385. The molecule has 1 atom stereocenters. The summed E-state index contributed by atoms with van der Waals surface area (Å²) in [5.41, 5.74) is 3.33. The highest BCUT2D eigenvalue weighted by atomic mass is 16.7. The second-order valence-electron chi connectivity index (χ2n) is 8.91. The van der Waals surface area contributed by atoms with Gasteiger partial charge in [-0.2, -0.15) is 0 Å². The van der Waals surface area contributed by atoms with E-state index in [0.29, 0.717) is 35.8 Å². The Labute approximate surface area is 190 Å². The quantitative estimate of drug-likeness (QED) is 0.352. The van der Waals surface area contributed by atoms with E-state index in [2.05, 4.69) is 32.9 Å². The van der Waals surface area contributed by atoms with Gasteiger partial charge in [0, 0.05) is 11.1 Å². The van der Waals surface area contributed by atoms with Crippen LogP contribution in [0.4, 0.5) is 0 Å². The molecule has 0 amide bonds. The van der Waals surface area contributed by atoms with Gasteiger partial charge in [-0.15, -0.1) is 0 Å². The second kappa shape index (κ2) is 9.57. The van der Waals surface area contributed by atoms with Crippen molar-refractivity contribution in [3.05, 3.63) is 65.2 Å². The Morgan fingerprint density at radius 2 is 1.34 bits per heavy atom. The van der Waals surface area contributed by atoms with Crippen molar-refractivity contribution in [2.75, 3.05) is 13.2 Å². The zero-order valence-corrected chi connectivity index (χ0v) is 19.7. The van der Waals surface area contributed by atoms with Crippen LogP contribution in [-0.4, -0.2) is 34.3 Å². The standard InChI is InChI=1S/C26H33NO5/c1-17-18(2)25(29)27(24(17)28)21-9-13-23(14-10-21)32-19(3)30-15-16-31-22-11-7-20(8-12-22)26(4,5)6/h7-14,19,28-29H,15-16H2,1-6H3. The van der Waals surface area contributed by atoms with Crippen LogP contribution in [-0.2, 0) is 10.2 Å². The Morgan fingerprint density at radius 3 is 1.88 bits per heavy atom. The molecule has 2 aromatic carbocycles. The Bertz CT molecular complexity index is 1000. The predicted octanol–water partition coefficient (Wildman–Crippen LogP) is 5.62. The van der Waals surface area contributed by atoms with Crippen LogP contribution < -0.4 is 9.47 Å². The maximum absolute atomic E-state index is 10.3. The third-order valence-corrected chi connectivity index (χ3v) is 5.48. The van der Waals surface area contributed by atoms with Gasteiger partial charge in [-0.25, -0.2) is 0 Å². The molecule has 0 aliphatic rings. The molecule has 172 valence electrons. The molecule has 6 heteroatoms. The summed E-state index contributed by atoms with van der Waals surface area (Å²) >= 11 is 0. The van der Waals surface area contributed by atoms with Crippen LogP contribution in [0.15, 0.2) is 48.5 Å². The van der Waals surface area contributed by atoms with Crippen molar-refractivity contribution in [2.45, 2.75) is 53.2 Å². The molecule has 0 aliphatic heterocycles. The number of nitrogens with zero attached hydrogens (tertiary/aromatic N) is 1. The Hall–Kier alpha value is -3.12. The van der Waals surface area contributed by atoms with Gasteiger partial charge in [0.15, 0.2) is 6.29 Å². The SMILES string of the molecule is Cc1c(C)c(O)n(-c2ccc(OC(C)OCCOc3ccc(C(C)(C)C)cc3)cc2)c1O. The van der Waals surface area contributed by atoms with Crippen molar-refractivity contribution in [2.24, 2.45) is 0 Å². The highest BCUT2D eigenvalue weighted by molar-refractivity contribution is 5.52. The lowest BCUT2D eigenvalue weighted by Crippen LogP contribution is -2.20. The fourth-order valence-electron chi connectivity index (χ4n) is 3.34. The van der Waals surface area contributed by atoms with Crippen molar-refractivity contribution in [3.63, 3.8) is 0 Å². The van der Waals surface area contributed by atoms with E-state index in [1.54, 1.807) is 38.1 Å². The molecule has 0 aliphatic carbocycles. The summed E-state index contributed by atoms with van der Waals surface area (Å²) in [6, 6.07) is 15.2. The highest BCUT2D eigenvalue weighted by Crippen LogP contribution is 2.35. The third kappa shape index (κ3) is 5.37. The lowest BCUT2D eigenvalue weighted by Gasteiger charge is -2.19. The van der Waals surface area contributed by atoms with E-state index in [0.717, 1.165) is 5.75 Å². The maximum Gasteiger partial charge on any atom is 0.201 e. The van der Waals surface area contributed by atoms with Gasteiger partial charge in [0.05, 0.1) is 12.3 Å². The molecular formula is C26H33NO5. The van der Waals surface area contributed by atoms with E-state index in [1.807, 2.05) is 19.1 Å². The molecule has 0 fully saturated rings. The smallest absolute Gasteiger partial charge is 0.201 e. The highest BCUT2D eigenvalue weighted by Gasteiger charge is 2.17. The molecule has 6 nitrogen and oxygen atoms in total. The van der Waals surface area contributed by atoms with Crippen LogP contribution in [0, 0.1) is 13.8 Å². The normalized spacial score (nSPS) is 12.6. The summed E-state index contributed by atoms with van der Waals surface area (Å²) in [6.45, 7) is 12.7. The molecule has 1 unspecified atom stereocenters. The number of hydrogen-bond donors (Lipinski definition) is 2. The minimum Gasteiger partial charge on any atom is -0.494 e. The molecule has 0 radical (unpaired) electrons. The molecule has 0 saturated heterocycles. The van der Waals surface area contributed by atoms with E-state index in [4.69, 9.17) is 14.2 Å². The van der Waals surface area contributed by atoms with Gasteiger partial charge < -0.3 is 24.4 Å². The second-order valence-corrected chi connectivity index (χ2v) is 8.91. The van der Waals surface area contributed by atoms with Crippen LogP contribution in [0.2, 0.25) is 0 Å². The minimum atomic E-state index is -0.453. The van der Waals surface area contributed by atoms with Gasteiger partial charge in [0.25, 0.3) is 0 Å². The first kappa shape index (κ1) is 23.5. The Morgan fingerprint density at radius 1 is 0.812 bits per heavy atom. The van der Waals surface area contributed by atoms with Gasteiger partial charge >= 0.3 is 0 Å². The minimum absolute atomic E-state index is 0.0263. The van der Waals surface area contributed by atoms with Gasteiger partial charge in [-0.1, -0.05) is 32.9 Å². The Kier molecular flexibility index (Phi) is 7.04. The molecule has 3 aromatic rings. The summed E-state index contributed by atoms with van der Waals surface area (Å²) in [5, 5.41) is 20.5. The van der Waals surface area contributed by atoms with Gasteiger partial charge in [0.1, 0.15) is 18.1 Å². The number of ether oxygens (including phenoxy) is 3. The average Bonchev–Trinajstić information content (AvgIpc) is 2.94. The van der Waals surface area contributed by atoms with Gasteiger partial charge in [0.2, 0.25) is 11.8 Å². The third-order valence-electron chi connectivity index (χ3n) is 5.48. The van der Waals surface area contributed by atoms with Gasteiger partial charge in [-0.05, 0) is 68.1 Å². The predicted molar refractivity (Wildman–Crippen MR) is 125 cm³/mol. The zero-order valence-electron chi connectivity index (χ0n) is 19.7. The molecule has 1 aromatic heterocycles. The number of hydrogen-bond acceptors (Lipinski definition) is 5. The summed E-state index contributed by atoms with van der Waals surface area (Å²) in [6.07, 6.45) is -0.453. The molecule has 0 saturated carbocycles. The van der Waals surface area contributed by atoms with Crippen LogP contribution in [0.1, 0.15) is 44.4 Å². The van der Waals surface area contributed by atoms with E-state index >= 15 is 0 Å². The molecule has 0 bridgehead atoms. The largest absolute Gasteiger partial charge is 0.494 e. The summed E-state index contributed by atoms with van der Waals surface area (Å²) in [7, 11) is 0. The summed E-state index contributed by atoms with van der Waals surface area (Å²) in [4.78, 5) is 0. The lowest BCUT2D eigenvalue weighted by atomic mass is 9.87. The first-order chi connectivity index (χ1) is 15.1. The zero-order chi connectivity index (χ0) is 23.5. The monoisotopic (exact) mass is 439 g/mol. The van der Waals surface area contributed by atoms with Gasteiger partial charge in [-0.3, -0.25) is 4.57 Å². The van der Waals surface area contributed by atoms with E-state index < -0.39 is 6.29 Å². The van der Waals surface area contributed by atoms with Crippen LogP contribution in [0.5, 0.6) is 23.3 Å². The van der Waals surface area contributed by atoms with Crippen LogP contribution >= 0.6 is 0 Å². The molecule has 2 N–H and O–H groups in total. The molecular weight excluding hydrogens is 406 g/mol. The number of rotatable bonds is 8. The van der Waals surface area contributed by atoms with Crippen LogP contribution in [0.3, 0.4) is 0 Å². The van der Waals surface area contributed by atoms with Crippen molar-refractivity contribution in [1.29, 1.82) is 0 Å². The van der Waals surface area contributed by atoms with Crippen molar-refractivity contribution < 1.29 is 24.4 Å². The van der Waals surface area contributed by atoms with E-state index in [1.165, 1.54) is 10.1 Å². The first-order valence-electron chi connectivity index (χ1n) is 10.8. The summed E-state index contributed by atoms with van der Waals surface area (Å²) in [5.74, 6) is 1.49. The van der Waals surface area contributed by atoms with Crippen molar-refractivity contribution in [3.8, 4) is 28.9 Å². The van der Waals surface area contributed by atoms with Crippen molar-refractivity contribution >= 4 is 0 Å². The maximum atomic E-state index is 10.3. The van der Waals surface area contributed by atoms with Crippen LogP contribution in [0.25, 0.3) is 5.69 Å². The van der Waals surface area contributed by atoms with E-state index in [-0.39, 0.29) is 17.2 Å². The first-order valence-corrected chi connectivity index (χ1v) is 10.8. The molecule has 3 rings (SSSR count). The summed E-state index contributed by atoms with van der Waals surface area (Å²) < 4.78 is 18.6. The number of aromatic nitrogens is 1. The average molecular weight is 440 g/mol. The Balaban J connectivity index is 1.47. The fourth-order valence-corrected chi connectivity index (χ4v) is 3.34. The lowest BCUT2D eigenvalue weighted by molar-refractivity contribution is -0.0739. The van der Waals surface area contributed by atoms with E-state index in [9.17, 15) is 10.2 Å². The molecule has 0 spiro atoms. The van der Waals surface area contributed by atoms with Crippen molar-refractivity contribution in [1.82, 2.24) is 4.57 Å². The molecule has 32 heavy (non-hydrogen) atoms. The topological polar surface area (TPSA) is 73.1 Å².